The van der Waals surface area contributed by atoms with E-state index in [2.05, 4.69) is 0 Å². The molecule has 0 atom stereocenters. The predicted octanol–water partition coefficient (Wildman–Crippen LogP) is 1.95. The highest BCUT2D eigenvalue weighted by Crippen LogP contribution is 2.30. The van der Waals surface area contributed by atoms with Crippen LogP contribution in [0, 0.1) is 11.3 Å². The van der Waals surface area contributed by atoms with E-state index in [0.717, 1.165) is 18.4 Å². The molecule has 1 aromatic carbocycles. The Morgan fingerprint density at radius 1 is 1.35 bits per heavy atom. The number of nitrogens with one attached hydrogen (secondary N) is 1. The van der Waals surface area contributed by atoms with Gasteiger partial charge in [-0.2, -0.15) is 0 Å². The van der Waals surface area contributed by atoms with E-state index < -0.39 is 0 Å². The van der Waals surface area contributed by atoms with Crippen LogP contribution >= 0.6 is 0 Å². The summed E-state index contributed by atoms with van der Waals surface area (Å²) in [4.78, 5) is 11.4. The van der Waals surface area contributed by atoms with Gasteiger partial charge in [0.1, 0.15) is 11.6 Å². The van der Waals surface area contributed by atoms with Crippen LogP contribution in [0.15, 0.2) is 30.3 Å². The number of benzene rings is 1. The largest absolute Gasteiger partial charge is 0.426 e. The molecule has 0 amide bonds. The topological polar surface area (TPSA) is 76.2 Å². The number of ether oxygens (including phenoxy) is 1. The Morgan fingerprint density at radius 3 is 2.53 bits per heavy atom. The SMILES string of the molecule is N=C(N)C=Cc1ccc(OC(=O)C2CC2)cc1. The fourth-order valence-corrected chi connectivity index (χ4v) is 1.35. The van der Waals surface area contributed by atoms with Crippen molar-refractivity contribution >= 4 is 17.9 Å². The normalized spacial score (nSPS) is 14.8. The van der Waals surface area contributed by atoms with Crippen molar-refractivity contribution in [1.82, 2.24) is 0 Å². The Kier molecular flexibility index (Phi) is 3.23. The van der Waals surface area contributed by atoms with Gasteiger partial charge >= 0.3 is 5.97 Å². The summed E-state index contributed by atoms with van der Waals surface area (Å²) in [6.07, 6.45) is 5.12. The smallest absolute Gasteiger partial charge is 0.314 e. The first-order valence-corrected chi connectivity index (χ1v) is 5.49. The second-order valence-electron chi connectivity index (χ2n) is 4.05. The van der Waals surface area contributed by atoms with Crippen LogP contribution in [0.1, 0.15) is 18.4 Å². The zero-order valence-corrected chi connectivity index (χ0v) is 9.35. The van der Waals surface area contributed by atoms with E-state index in [1.54, 1.807) is 18.2 Å². The van der Waals surface area contributed by atoms with E-state index in [0.29, 0.717) is 5.75 Å². The zero-order chi connectivity index (χ0) is 12.3. The van der Waals surface area contributed by atoms with Crippen LogP contribution in [0.3, 0.4) is 0 Å². The van der Waals surface area contributed by atoms with Gasteiger partial charge in [0.05, 0.1) is 5.92 Å². The average Bonchev–Trinajstić information content (AvgIpc) is 3.12. The van der Waals surface area contributed by atoms with Crippen LogP contribution in [-0.2, 0) is 4.79 Å². The van der Waals surface area contributed by atoms with Gasteiger partial charge in [0.25, 0.3) is 0 Å². The molecule has 0 saturated heterocycles. The highest BCUT2D eigenvalue weighted by atomic mass is 16.5. The summed E-state index contributed by atoms with van der Waals surface area (Å²) in [6, 6.07) is 7.10. The first-order valence-electron chi connectivity index (χ1n) is 5.49. The maximum atomic E-state index is 11.4. The molecular formula is C13H14N2O2. The molecule has 4 heteroatoms. The third-order valence-electron chi connectivity index (χ3n) is 2.46. The Balaban J connectivity index is 1.97. The van der Waals surface area contributed by atoms with E-state index in [-0.39, 0.29) is 17.7 Å². The lowest BCUT2D eigenvalue weighted by molar-refractivity contribution is -0.135. The number of amidine groups is 1. The fraction of sp³-hybridized carbons (Fsp3) is 0.231. The number of esters is 1. The molecule has 0 unspecified atom stereocenters. The lowest BCUT2D eigenvalue weighted by atomic mass is 10.2. The van der Waals surface area contributed by atoms with Crippen molar-refractivity contribution in [2.24, 2.45) is 11.7 Å². The number of carbonyl (C=O) groups is 1. The highest BCUT2D eigenvalue weighted by Gasteiger charge is 2.31. The van der Waals surface area contributed by atoms with Gasteiger partial charge in [0, 0.05) is 0 Å². The highest BCUT2D eigenvalue weighted by molar-refractivity contribution is 5.92. The number of nitrogens with two attached hydrogens (primary N) is 1. The van der Waals surface area contributed by atoms with Crippen molar-refractivity contribution in [2.75, 3.05) is 0 Å². The maximum Gasteiger partial charge on any atom is 0.314 e. The molecule has 2 rings (SSSR count). The summed E-state index contributed by atoms with van der Waals surface area (Å²) in [6.45, 7) is 0. The van der Waals surface area contributed by atoms with E-state index >= 15 is 0 Å². The molecule has 1 aliphatic carbocycles. The van der Waals surface area contributed by atoms with Crippen molar-refractivity contribution in [3.8, 4) is 5.75 Å². The van der Waals surface area contributed by atoms with E-state index in [9.17, 15) is 4.79 Å². The van der Waals surface area contributed by atoms with E-state index in [1.165, 1.54) is 6.08 Å². The quantitative estimate of drug-likeness (QED) is 0.359. The lowest BCUT2D eigenvalue weighted by Gasteiger charge is -2.03. The standard InChI is InChI=1S/C13H14N2O2/c14-12(15)8-3-9-1-6-11(7-2-9)17-13(16)10-4-5-10/h1-3,6-8,10H,4-5H2,(H3,14,15). The maximum absolute atomic E-state index is 11.4. The van der Waals surface area contributed by atoms with Gasteiger partial charge in [0.2, 0.25) is 0 Å². The zero-order valence-electron chi connectivity index (χ0n) is 9.35. The molecule has 0 spiro atoms. The van der Waals surface area contributed by atoms with Gasteiger partial charge in [-0.1, -0.05) is 18.2 Å². The minimum atomic E-state index is -0.142. The number of rotatable bonds is 4. The van der Waals surface area contributed by atoms with Gasteiger partial charge in [-0.3, -0.25) is 10.2 Å². The van der Waals surface area contributed by atoms with Crippen LogP contribution in [0.4, 0.5) is 0 Å². The van der Waals surface area contributed by atoms with Gasteiger partial charge in [-0.05, 0) is 36.6 Å². The van der Waals surface area contributed by atoms with E-state index in [1.807, 2.05) is 12.1 Å². The molecular weight excluding hydrogens is 216 g/mol. The third-order valence-corrected chi connectivity index (χ3v) is 2.46. The first kappa shape index (κ1) is 11.4. The van der Waals surface area contributed by atoms with Crippen LogP contribution < -0.4 is 10.5 Å². The van der Waals surface area contributed by atoms with Crippen molar-refractivity contribution in [3.63, 3.8) is 0 Å². The molecule has 3 N–H and O–H groups in total. The molecule has 0 aromatic heterocycles. The molecule has 1 fully saturated rings. The lowest BCUT2D eigenvalue weighted by Crippen LogP contribution is -2.09. The van der Waals surface area contributed by atoms with Crippen molar-refractivity contribution in [2.45, 2.75) is 12.8 Å². The van der Waals surface area contributed by atoms with Crippen molar-refractivity contribution in [3.05, 3.63) is 35.9 Å². The summed E-state index contributed by atoms with van der Waals surface area (Å²) >= 11 is 0. The molecule has 17 heavy (non-hydrogen) atoms. The first-order chi connectivity index (χ1) is 8.15. The number of hydrogen-bond donors (Lipinski definition) is 2. The molecule has 88 valence electrons. The van der Waals surface area contributed by atoms with Gasteiger partial charge in [0.15, 0.2) is 0 Å². The molecule has 0 heterocycles. The van der Waals surface area contributed by atoms with Crippen molar-refractivity contribution < 1.29 is 9.53 Å². The minimum Gasteiger partial charge on any atom is -0.426 e. The summed E-state index contributed by atoms with van der Waals surface area (Å²) < 4.78 is 5.19. The summed E-state index contributed by atoms with van der Waals surface area (Å²) in [7, 11) is 0. The molecule has 4 nitrogen and oxygen atoms in total. The second kappa shape index (κ2) is 4.82. The van der Waals surface area contributed by atoms with Gasteiger partial charge < -0.3 is 10.5 Å². The van der Waals surface area contributed by atoms with Crippen LogP contribution in [-0.4, -0.2) is 11.8 Å². The number of hydrogen-bond acceptors (Lipinski definition) is 3. The van der Waals surface area contributed by atoms with E-state index in [4.69, 9.17) is 15.9 Å². The van der Waals surface area contributed by atoms with Crippen LogP contribution in [0.25, 0.3) is 6.08 Å². The van der Waals surface area contributed by atoms with Crippen LogP contribution in [0.5, 0.6) is 5.75 Å². The number of carbonyl (C=O) groups excluding carboxylic acids is 1. The summed E-state index contributed by atoms with van der Waals surface area (Å²) in [5, 5.41) is 7.05. The second-order valence-corrected chi connectivity index (χ2v) is 4.05. The summed E-state index contributed by atoms with van der Waals surface area (Å²) in [5.41, 5.74) is 6.11. The Hall–Kier alpha value is -2.10. The average molecular weight is 230 g/mol. The monoisotopic (exact) mass is 230 g/mol. The summed E-state index contributed by atoms with van der Waals surface area (Å²) in [5.74, 6) is 0.528. The molecule has 1 aliphatic rings. The third kappa shape index (κ3) is 3.45. The Labute approximate surface area is 99.6 Å². The molecule has 0 bridgehead atoms. The molecule has 1 saturated carbocycles. The van der Waals surface area contributed by atoms with Gasteiger partial charge in [-0.25, -0.2) is 0 Å². The predicted molar refractivity (Wildman–Crippen MR) is 65.7 cm³/mol. The molecule has 0 aliphatic heterocycles. The fourth-order valence-electron chi connectivity index (χ4n) is 1.35. The van der Waals surface area contributed by atoms with Gasteiger partial charge in [-0.15, -0.1) is 0 Å². The van der Waals surface area contributed by atoms with Crippen LogP contribution in [0.2, 0.25) is 0 Å². The Morgan fingerprint density at radius 2 is 2.00 bits per heavy atom. The molecule has 1 aromatic rings. The minimum absolute atomic E-state index is 0.00855. The van der Waals surface area contributed by atoms with Crippen molar-refractivity contribution in [1.29, 1.82) is 5.41 Å². The Bertz CT molecular complexity index is 459. The molecule has 0 radical (unpaired) electrons.